The van der Waals surface area contributed by atoms with Gasteiger partial charge in [-0.25, -0.2) is 13.1 Å². The number of nitrogens with one attached hydrogen (secondary N) is 2. The van der Waals surface area contributed by atoms with Crippen molar-refractivity contribution in [3.8, 4) is 0 Å². The third-order valence-corrected chi connectivity index (χ3v) is 5.14. The first-order valence-electron chi connectivity index (χ1n) is 7.35. The molecule has 2 N–H and O–H groups in total. The molecule has 0 bridgehead atoms. The Bertz CT molecular complexity index is 504. The number of furan rings is 1. The van der Waals surface area contributed by atoms with Gasteiger partial charge in [-0.05, 0) is 37.9 Å². The van der Waals surface area contributed by atoms with Gasteiger partial charge in [-0.15, -0.1) is 0 Å². The van der Waals surface area contributed by atoms with E-state index in [4.69, 9.17) is 4.42 Å². The molecule has 114 valence electrons. The maximum absolute atomic E-state index is 12.0. The molecule has 2 rings (SSSR count). The minimum absolute atomic E-state index is 0.00335. The number of hydrogen-bond acceptors (Lipinski definition) is 4. The molecule has 1 heterocycles. The molecule has 0 radical (unpaired) electrons. The second kappa shape index (κ2) is 7.24. The van der Waals surface area contributed by atoms with Crippen LogP contribution in [0.4, 0.5) is 0 Å². The molecule has 1 aliphatic rings. The van der Waals surface area contributed by atoms with E-state index in [1.807, 2.05) is 0 Å². The van der Waals surface area contributed by atoms with E-state index < -0.39 is 10.0 Å². The molecule has 1 saturated carbocycles. The average molecular weight is 300 g/mol. The van der Waals surface area contributed by atoms with Gasteiger partial charge in [0.15, 0.2) is 0 Å². The SMILES string of the molecule is CNCc1ccc(S(=O)(=O)NCCCC2CCCC2)o1. The van der Waals surface area contributed by atoms with Crippen LogP contribution in [-0.4, -0.2) is 22.0 Å². The number of hydrogen-bond donors (Lipinski definition) is 2. The molecule has 0 amide bonds. The molecule has 1 aromatic rings. The van der Waals surface area contributed by atoms with Gasteiger partial charge in [-0.2, -0.15) is 0 Å². The largest absolute Gasteiger partial charge is 0.447 e. The van der Waals surface area contributed by atoms with Gasteiger partial charge in [0.25, 0.3) is 10.0 Å². The highest BCUT2D eigenvalue weighted by Crippen LogP contribution is 2.28. The molecule has 1 fully saturated rings. The topological polar surface area (TPSA) is 71.3 Å². The molecule has 0 aliphatic heterocycles. The molecule has 5 nitrogen and oxygen atoms in total. The van der Waals surface area contributed by atoms with E-state index in [9.17, 15) is 8.42 Å². The zero-order valence-electron chi connectivity index (χ0n) is 12.0. The Morgan fingerprint density at radius 2 is 2.05 bits per heavy atom. The van der Waals surface area contributed by atoms with Crippen molar-refractivity contribution in [2.24, 2.45) is 5.92 Å². The normalized spacial score (nSPS) is 16.9. The van der Waals surface area contributed by atoms with Gasteiger partial charge in [-0.3, -0.25) is 0 Å². The summed E-state index contributed by atoms with van der Waals surface area (Å²) in [5, 5.41) is 2.93. The van der Waals surface area contributed by atoms with Crippen LogP contribution in [-0.2, 0) is 16.6 Å². The number of rotatable bonds is 8. The summed E-state index contributed by atoms with van der Waals surface area (Å²) in [7, 11) is -1.71. The maximum Gasteiger partial charge on any atom is 0.273 e. The van der Waals surface area contributed by atoms with E-state index in [1.165, 1.54) is 31.7 Å². The summed E-state index contributed by atoms with van der Waals surface area (Å²) in [5.41, 5.74) is 0. The number of sulfonamides is 1. The lowest BCUT2D eigenvalue weighted by atomic mass is 10.0. The standard InChI is InChI=1S/C14H24N2O3S/c1-15-11-13-8-9-14(19-13)20(17,18)16-10-4-7-12-5-2-3-6-12/h8-9,12,15-16H,2-7,10-11H2,1H3. The highest BCUT2D eigenvalue weighted by molar-refractivity contribution is 7.89. The Kier molecular flexibility index (Phi) is 5.63. The molecular weight excluding hydrogens is 276 g/mol. The second-order valence-electron chi connectivity index (χ2n) is 5.44. The van der Waals surface area contributed by atoms with E-state index in [0.29, 0.717) is 18.8 Å². The molecule has 0 unspecified atom stereocenters. The van der Waals surface area contributed by atoms with Crippen molar-refractivity contribution < 1.29 is 12.8 Å². The van der Waals surface area contributed by atoms with Crippen LogP contribution in [0, 0.1) is 5.92 Å². The summed E-state index contributed by atoms with van der Waals surface area (Å²) in [6.07, 6.45) is 7.28. The van der Waals surface area contributed by atoms with E-state index in [1.54, 1.807) is 13.1 Å². The van der Waals surface area contributed by atoms with E-state index in [2.05, 4.69) is 10.0 Å². The van der Waals surface area contributed by atoms with Gasteiger partial charge < -0.3 is 9.73 Å². The lowest BCUT2D eigenvalue weighted by molar-refractivity contribution is 0.403. The molecular formula is C14H24N2O3S. The Morgan fingerprint density at radius 1 is 1.30 bits per heavy atom. The van der Waals surface area contributed by atoms with Crippen LogP contribution in [0.15, 0.2) is 21.6 Å². The summed E-state index contributed by atoms with van der Waals surface area (Å²) in [5.74, 6) is 1.42. The third kappa shape index (κ3) is 4.33. The fourth-order valence-electron chi connectivity index (χ4n) is 2.74. The Hall–Kier alpha value is -0.850. The van der Waals surface area contributed by atoms with E-state index >= 15 is 0 Å². The predicted molar refractivity (Wildman–Crippen MR) is 77.9 cm³/mol. The first-order chi connectivity index (χ1) is 9.62. The van der Waals surface area contributed by atoms with Crippen molar-refractivity contribution in [1.82, 2.24) is 10.0 Å². The quantitative estimate of drug-likeness (QED) is 0.722. The third-order valence-electron chi connectivity index (χ3n) is 3.81. The molecule has 6 heteroatoms. The summed E-state index contributed by atoms with van der Waals surface area (Å²) in [6.45, 7) is 1.01. The second-order valence-corrected chi connectivity index (χ2v) is 7.14. The maximum atomic E-state index is 12.0. The van der Waals surface area contributed by atoms with Gasteiger partial charge in [0.2, 0.25) is 5.09 Å². The van der Waals surface area contributed by atoms with E-state index in [0.717, 1.165) is 18.8 Å². The van der Waals surface area contributed by atoms with Crippen LogP contribution >= 0.6 is 0 Å². The van der Waals surface area contributed by atoms with Crippen LogP contribution < -0.4 is 10.0 Å². The van der Waals surface area contributed by atoms with Gasteiger partial charge >= 0.3 is 0 Å². The van der Waals surface area contributed by atoms with Gasteiger partial charge in [0, 0.05) is 6.54 Å². The summed E-state index contributed by atoms with van der Waals surface area (Å²) >= 11 is 0. The van der Waals surface area contributed by atoms with Crippen molar-refractivity contribution in [2.45, 2.75) is 50.2 Å². The van der Waals surface area contributed by atoms with Crippen LogP contribution in [0.25, 0.3) is 0 Å². The Balaban J connectivity index is 1.77. The van der Waals surface area contributed by atoms with Crippen molar-refractivity contribution in [1.29, 1.82) is 0 Å². The van der Waals surface area contributed by atoms with Crippen molar-refractivity contribution in [2.75, 3.05) is 13.6 Å². The lowest BCUT2D eigenvalue weighted by Crippen LogP contribution is -2.24. The van der Waals surface area contributed by atoms with Crippen molar-refractivity contribution in [3.05, 3.63) is 17.9 Å². The van der Waals surface area contributed by atoms with Crippen LogP contribution in [0.5, 0.6) is 0 Å². The van der Waals surface area contributed by atoms with Gasteiger partial charge in [0.05, 0.1) is 6.54 Å². The average Bonchev–Trinajstić information content (AvgIpc) is 3.06. The summed E-state index contributed by atoms with van der Waals surface area (Å²) in [6, 6.07) is 3.19. The first kappa shape index (κ1) is 15.5. The molecule has 0 saturated heterocycles. The van der Waals surface area contributed by atoms with Crippen LogP contribution in [0.1, 0.15) is 44.3 Å². The van der Waals surface area contributed by atoms with Crippen molar-refractivity contribution >= 4 is 10.0 Å². The zero-order chi connectivity index (χ0) is 14.4. The predicted octanol–water partition coefficient (Wildman–Crippen LogP) is 2.25. The molecule has 0 aromatic carbocycles. The zero-order valence-corrected chi connectivity index (χ0v) is 12.8. The van der Waals surface area contributed by atoms with Gasteiger partial charge in [0.1, 0.15) is 5.76 Å². The summed E-state index contributed by atoms with van der Waals surface area (Å²) in [4.78, 5) is 0. The summed E-state index contributed by atoms with van der Waals surface area (Å²) < 4.78 is 32.0. The lowest BCUT2D eigenvalue weighted by Gasteiger charge is -2.08. The minimum Gasteiger partial charge on any atom is -0.447 e. The smallest absolute Gasteiger partial charge is 0.273 e. The van der Waals surface area contributed by atoms with E-state index in [-0.39, 0.29) is 5.09 Å². The van der Waals surface area contributed by atoms with Crippen molar-refractivity contribution in [3.63, 3.8) is 0 Å². The Morgan fingerprint density at radius 3 is 2.75 bits per heavy atom. The minimum atomic E-state index is -3.50. The molecule has 1 aromatic heterocycles. The highest BCUT2D eigenvalue weighted by atomic mass is 32.2. The highest BCUT2D eigenvalue weighted by Gasteiger charge is 2.19. The van der Waals surface area contributed by atoms with Gasteiger partial charge in [-0.1, -0.05) is 25.7 Å². The molecule has 1 aliphatic carbocycles. The first-order valence-corrected chi connectivity index (χ1v) is 8.83. The van der Waals surface area contributed by atoms with Crippen LogP contribution in [0.3, 0.4) is 0 Å². The molecule has 0 atom stereocenters. The fourth-order valence-corrected chi connectivity index (χ4v) is 3.76. The Labute approximate surface area is 121 Å². The monoisotopic (exact) mass is 300 g/mol. The fraction of sp³-hybridized carbons (Fsp3) is 0.714. The van der Waals surface area contributed by atoms with Crippen LogP contribution in [0.2, 0.25) is 0 Å². The molecule has 0 spiro atoms. The molecule has 20 heavy (non-hydrogen) atoms.